The van der Waals surface area contributed by atoms with Crippen LogP contribution >= 0.6 is 31.2 Å². The summed E-state index contributed by atoms with van der Waals surface area (Å²) in [6, 6.07) is 34.9. The number of hydrazine groups is 1. The number of pyridine rings is 4. The van der Waals surface area contributed by atoms with Crippen LogP contribution in [0.2, 0.25) is 0 Å². The summed E-state index contributed by atoms with van der Waals surface area (Å²) in [5.41, 5.74) is 16.2. The molecule has 14 aliphatic heterocycles. The van der Waals surface area contributed by atoms with Crippen molar-refractivity contribution in [2.75, 3.05) is 10.9 Å². The van der Waals surface area contributed by atoms with Gasteiger partial charge in [-0.05, 0) is 11.1 Å². The van der Waals surface area contributed by atoms with Crippen molar-refractivity contribution in [3.8, 4) is 11.1 Å². The number of rotatable bonds is 0. The van der Waals surface area contributed by atoms with Gasteiger partial charge in [0.2, 0.25) is 0 Å². The van der Waals surface area contributed by atoms with Crippen LogP contribution in [-0.2, 0) is 26.2 Å². The fourth-order valence-corrected chi connectivity index (χ4v) is 5.29. The van der Waals surface area contributed by atoms with Crippen molar-refractivity contribution in [1.29, 1.82) is 0 Å². The molecule has 6 aromatic rings. The fourth-order valence-electron chi connectivity index (χ4n) is 5.29. The van der Waals surface area contributed by atoms with Gasteiger partial charge in [-0.15, -0.1) is 0 Å². The summed E-state index contributed by atoms with van der Waals surface area (Å²) in [7, 11) is -42.6. The SMILES string of the molecule is F[P-](F)(F)(F)(F)F.F[P-](F)(F)(F)(F)F.F[P-](F)(F)(F)(F)F.F[P-](F)(F)(F)(F)F.c1cc2ccc1C[n+]1ccc(cc1)NNc1cc[n+](cc1)Cc1ccc(cc1)C[n+]1ccc(cc1)-c1cc[n+](cc1)C2. The van der Waals surface area contributed by atoms with Crippen LogP contribution in [0.4, 0.5) is 112 Å². The predicted molar refractivity (Wildman–Crippen MR) is 216 cm³/mol. The number of hydrogen-bond donors (Lipinski definition) is 2. The van der Waals surface area contributed by atoms with Gasteiger partial charge in [-0.1, -0.05) is 48.5 Å². The van der Waals surface area contributed by atoms with E-state index in [1.54, 1.807) is 0 Å². The topological polar surface area (TPSA) is 39.6 Å². The van der Waals surface area contributed by atoms with Crippen LogP contribution in [-0.4, -0.2) is 0 Å². The summed E-state index contributed by atoms with van der Waals surface area (Å²) in [4.78, 5) is 0. The molecule has 34 heteroatoms. The van der Waals surface area contributed by atoms with Gasteiger partial charge in [0.15, 0.2) is 75.8 Å². The maximum Gasteiger partial charge on any atom is 0.173 e. The molecule has 0 aliphatic carbocycles. The Morgan fingerprint density at radius 1 is 0.243 bits per heavy atom. The normalized spacial score (nSPS) is 16.9. The maximum atomic E-state index is 9.87. The van der Waals surface area contributed by atoms with Crippen molar-refractivity contribution in [2.24, 2.45) is 0 Å². The van der Waals surface area contributed by atoms with Crippen molar-refractivity contribution in [3.05, 3.63) is 169 Å². The van der Waals surface area contributed by atoms with Crippen LogP contribution in [0.15, 0.2) is 147 Å². The molecule has 6 nitrogen and oxygen atoms in total. The van der Waals surface area contributed by atoms with E-state index in [1.165, 1.54) is 33.4 Å². The van der Waals surface area contributed by atoms with Crippen LogP contribution in [0.25, 0.3) is 11.1 Å². The van der Waals surface area contributed by atoms with Gasteiger partial charge in [0.1, 0.15) is 0 Å². The quantitative estimate of drug-likeness (QED) is 0.0904. The largest absolute Gasteiger partial charge is 0.300 e. The van der Waals surface area contributed by atoms with Crippen molar-refractivity contribution in [1.82, 2.24) is 0 Å². The molecule has 0 radical (unpaired) electrons. The van der Waals surface area contributed by atoms with Gasteiger partial charge < -0.3 is 10.9 Å². The molecule has 2 N–H and O–H groups in total. The zero-order chi connectivity index (χ0) is 53.8. The Labute approximate surface area is 378 Å². The molecule has 12 bridgehead atoms. The third-order valence-corrected chi connectivity index (χ3v) is 7.76. The van der Waals surface area contributed by atoms with Gasteiger partial charge in [0.05, 0.1) is 11.4 Å². The second-order valence-corrected chi connectivity index (χ2v) is 22.4. The number of halogens is 24. The number of anilines is 2. The molecule has 0 amide bonds. The Hall–Kier alpha value is -5.32. The van der Waals surface area contributed by atoms with E-state index in [0.29, 0.717) is 0 Å². The van der Waals surface area contributed by atoms with E-state index >= 15 is 0 Å². The molecule has 0 saturated heterocycles. The first kappa shape index (κ1) is 59.0. The molecule has 0 fully saturated rings. The summed E-state index contributed by atoms with van der Waals surface area (Å²) in [5, 5.41) is 0. The van der Waals surface area contributed by atoms with E-state index < -0.39 is 31.2 Å². The first-order valence-corrected chi connectivity index (χ1v) is 26.5. The van der Waals surface area contributed by atoms with E-state index in [9.17, 15) is 101 Å². The van der Waals surface area contributed by atoms with Gasteiger partial charge in [-0.3, -0.25) is 0 Å². The number of aromatic nitrogens is 4. The van der Waals surface area contributed by atoms with Crippen LogP contribution in [0, 0.1) is 0 Å². The van der Waals surface area contributed by atoms with Crippen molar-refractivity contribution in [2.45, 2.75) is 26.2 Å². The molecule has 0 saturated carbocycles. The van der Waals surface area contributed by atoms with Crippen molar-refractivity contribution >= 4 is 42.6 Å². The number of benzene rings is 2. The number of nitrogens with one attached hydrogen (secondary N) is 2. The minimum Gasteiger partial charge on any atom is -0.300 e. The zero-order valence-electron chi connectivity index (χ0n) is 34.3. The molecule has 0 spiro atoms. The fraction of sp³-hybridized carbons (Fsp3) is 0.111. The number of nitrogens with zero attached hydrogens (tertiary/aromatic N) is 4. The molecule has 4 aromatic heterocycles. The molecule has 396 valence electrons. The van der Waals surface area contributed by atoms with Crippen LogP contribution in [0.5, 0.6) is 0 Å². The summed E-state index contributed by atoms with van der Waals surface area (Å²) in [6.07, 6.45) is 17.1. The first-order valence-electron chi connectivity index (χ1n) is 18.4. The Balaban J connectivity index is 0.000000377. The molecule has 20 rings (SSSR count). The molecule has 2 aromatic carbocycles. The molecule has 70 heavy (non-hydrogen) atoms. The second-order valence-electron chi connectivity index (χ2n) is 14.8. The average molecular weight is 1130 g/mol. The first-order chi connectivity index (χ1) is 30.5. The van der Waals surface area contributed by atoms with Crippen molar-refractivity contribution in [3.63, 3.8) is 0 Å². The molecule has 14 aliphatic rings. The summed E-state index contributed by atoms with van der Waals surface area (Å²) < 4.78 is 246. The minimum atomic E-state index is -10.7. The van der Waals surface area contributed by atoms with Crippen LogP contribution in [0.3, 0.4) is 0 Å². The Morgan fingerprint density at radius 3 is 0.543 bits per heavy atom. The van der Waals surface area contributed by atoms with Gasteiger partial charge in [0.25, 0.3) is 0 Å². The molecular formula is C36H34F24N6P4. The summed E-state index contributed by atoms with van der Waals surface area (Å²) in [6.45, 7) is 3.34. The molecular weight excluding hydrogens is 1100 g/mol. The maximum absolute atomic E-state index is 10.7. The third kappa shape index (κ3) is 37.6. The van der Waals surface area contributed by atoms with E-state index in [1.807, 2.05) is 0 Å². The second kappa shape index (κ2) is 17.2. The molecule has 0 atom stereocenters. The third-order valence-electron chi connectivity index (χ3n) is 7.76. The summed E-state index contributed by atoms with van der Waals surface area (Å²) >= 11 is 0. The number of hydrogen-bond acceptors (Lipinski definition) is 2. The van der Waals surface area contributed by atoms with Crippen molar-refractivity contribution < 1.29 is 119 Å². The van der Waals surface area contributed by atoms with Crippen LogP contribution in [0.1, 0.15) is 22.3 Å². The smallest absolute Gasteiger partial charge is 0.173 e. The van der Waals surface area contributed by atoms with E-state index in [2.05, 4.69) is 176 Å². The molecule has 18 heterocycles. The van der Waals surface area contributed by atoms with Gasteiger partial charge in [0, 0.05) is 70.8 Å². The average Bonchev–Trinajstić information content (AvgIpc) is 3.12. The predicted octanol–water partition coefficient (Wildman–Crippen LogP) is 18.0. The Bertz CT molecular complexity index is 2410. The molecule has 0 unspecified atom stereocenters. The Kier molecular flexibility index (Phi) is 14.5. The van der Waals surface area contributed by atoms with E-state index in [0.717, 1.165) is 37.6 Å². The van der Waals surface area contributed by atoms with E-state index in [4.69, 9.17) is 0 Å². The monoisotopic (exact) mass is 1130 g/mol. The van der Waals surface area contributed by atoms with E-state index in [-0.39, 0.29) is 0 Å². The van der Waals surface area contributed by atoms with Gasteiger partial charge in [-0.2, -0.15) is 0 Å². The minimum absolute atomic E-state index is 0.828. The van der Waals surface area contributed by atoms with Crippen LogP contribution < -0.4 is 29.1 Å². The zero-order valence-corrected chi connectivity index (χ0v) is 37.9. The van der Waals surface area contributed by atoms with Gasteiger partial charge >= 0.3 is 132 Å². The Morgan fingerprint density at radius 2 is 0.386 bits per heavy atom. The summed E-state index contributed by atoms with van der Waals surface area (Å²) in [5.74, 6) is 0. The standard InChI is InChI=1S/C36H32N6.4F6P/c1-5-31-6-2-29(1)25-39-17-9-33(10-18-39)34-11-19-40(20-12-34)26-30-3-7-32(8-4-30)28-42-23-15-36(16-24-42)38-37-35-13-21-41(27-31)22-14-35;4*1-7(2,3,4,5)6/h1-24H,25-28H2;;;;/q+2;4*-1/p+2. The van der Waals surface area contributed by atoms with Gasteiger partial charge in [-0.25, -0.2) is 18.3 Å².